The Labute approximate surface area is 235 Å². The van der Waals surface area contributed by atoms with E-state index in [2.05, 4.69) is 42.2 Å². The molecule has 1 aromatic heterocycles. The number of aromatic nitrogens is 1. The summed E-state index contributed by atoms with van der Waals surface area (Å²) in [5, 5.41) is 0. The third kappa shape index (κ3) is 10.4. The van der Waals surface area contributed by atoms with Crippen LogP contribution in [-0.4, -0.2) is 36.4 Å². The molecule has 2 aromatic carbocycles. The van der Waals surface area contributed by atoms with Gasteiger partial charge in [0, 0.05) is 23.9 Å². The zero-order valence-electron chi connectivity index (χ0n) is 23.5. The Bertz CT molecular complexity index is 1140. The third-order valence-electron chi connectivity index (χ3n) is 6.89. The van der Waals surface area contributed by atoms with Gasteiger partial charge in [-0.15, -0.1) is 0 Å². The topological polar surface area (TPSA) is 48.4 Å². The summed E-state index contributed by atoms with van der Waals surface area (Å²) in [5.74, 6) is -0.397. The van der Waals surface area contributed by atoms with Gasteiger partial charge in [-0.05, 0) is 68.4 Å². The first kappa shape index (κ1) is 31.3. The number of nitrogens with zero attached hydrogens (tertiary/aromatic N) is 1. The molecule has 0 fully saturated rings. The van der Waals surface area contributed by atoms with E-state index in [9.17, 15) is 18.0 Å². The van der Waals surface area contributed by atoms with Crippen LogP contribution in [0.3, 0.4) is 0 Å². The van der Waals surface area contributed by atoms with Gasteiger partial charge in [0.2, 0.25) is 0 Å². The lowest BCUT2D eigenvalue weighted by Gasteiger charge is -2.16. The number of rotatable bonds is 16. The standard InChI is InChI=1S/C33H40F3NO3/c1-3-4-5-8-11-26-12-14-27(15-13-26)30-20-21-31(37-24-30)28-16-18-29(19-17-28)32(38)40-23-10-7-6-9-22-39-25(2)33(34,35)36/h12-21,24-25H,3-11,22-23H2,1-2H3. The van der Waals surface area contributed by atoms with Gasteiger partial charge in [-0.1, -0.05) is 75.1 Å². The van der Waals surface area contributed by atoms with Crippen molar-refractivity contribution in [2.24, 2.45) is 0 Å². The van der Waals surface area contributed by atoms with Crippen molar-refractivity contribution in [3.63, 3.8) is 0 Å². The van der Waals surface area contributed by atoms with Gasteiger partial charge >= 0.3 is 12.1 Å². The molecule has 0 spiro atoms. The van der Waals surface area contributed by atoms with Gasteiger partial charge in [-0.3, -0.25) is 4.98 Å². The summed E-state index contributed by atoms with van der Waals surface area (Å²) in [5.41, 5.74) is 5.76. The second-order valence-electron chi connectivity index (χ2n) is 10.1. The van der Waals surface area contributed by atoms with Gasteiger partial charge in [0.1, 0.15) is 0 Å². The molecule has 0 saturated heterocycles. The molecule has 0 saturated carbocycles. The third-order valence-corrected chi connectivity index (χ3v) is 6.89. The number of carbonyl (C=O) groups is 1. The van der Waals surface area contributed by atoms with Crippen molar-refractivity contribution >= 4 is 5.97 Å². The Morgan fingerprint density at radius 1 is 0.775 bits per heavy atom. The Morgan fingerprint density at radius 3 is 2.02 bits per heavy atom. The van der Waals surface area contributed by atoms with Crippen molar-refractivity contribution in [2.75, 3.05) is 13.2 Å². The van der Waals surface area contributed by atoms with Crippen molar-refractivity contribution < 1.29 is 27.4 Å². The first-order valence-corrected chi connectivity index (χ1v) is 14.3. The van der Waals surface area contributed by atoms with Gasteiger partial charge in [-0.2, -0.15) is 13.2 Å². The summed E-state index contributed by atoms with van der Waals surface area (Å²) in [6.07, 6.45) is 4.63. The average Bonchev–Trinajstić information content (AvgIpc) is 2.96. The number of benzene rings is 2. The molecule has 216 valence electrons. The largest absolute Gasteiger partial charge is 0.462 e. The summed E-state index contributed by atoms with van der Waals surface area (Å²) in [6, 6.07) is 19.9. The number of alkyl halides is 3. The molecule has 1 heterocycles. The quantitative estimate of drug-likeness (QED) is 0.131. The minimum Gasteiger partial charge on any atom is -0.462 e. The fraction of sp³-hybridized carbons (Fsp3) is 0.455. The van der Waals surface area contributed by atoms with Gasteiger partial charge in [0.25, 0.3) is 0 Å². The molecule has 0 bridgehead atoms. The molecule has 1 unspecified atom stereocenters. The molecule has 1 atom stereocenters. The summed E-state index contributed by atoms with van der Waals surface area (Å²) in [4.78, 5) is 17.0. The van der Waals surface area contributed by atoms with Crippen LogP contribution in [0.4, 0.5) is 13.2 Å². The van der Waals surface area contributed by atoms with Crippen molar-refractivity contribution in [3.05, 3.63) is 78.0 Å². The number of halogens is 3. The van der Waals surface area contributed by atoms with Crippen LogP contribution in [0, 0.1) is 0 Å². The summed E-state index contributed by atoms with van der Waals surface area (Å²) in [6.45, 7) is 3.57. The molecule has 0 aliphatic carbocycles. The number of hydrogen-bond donors (Lipinski definition) is 0. The van der Waals surface area contributed by atoms with E-state index in [1.165, 1.54) is 31.2 Å². The molecular weight excluding hydrogens is 515 g/mol. The van der Waals surface area contributed by atoms with Crippen LogP contribution in [0.5, 0.6) is 0 Å². The van der Waals surface area contributed by atoms with Crippen LogP contribution in [0.1, 0.15) is 81.1 Å². The first-order chi connectivity index (χ1) is 19.3. The number of pyridine rings is 1. The highest BCUT2D eigenvalue weighted by Gasteiger charge is 2.36. The maximum absolute atomic E-state index is 12.4. The molecule has 40 heavy (non-hydrogen) atoms. The fourth-order valence-electron chi connectivity index (χ4n) is 4.29. The first-order valence-electron chi connectivity index (χ1n) is 14.3. The van der Waals surface area contributed by atoms with E-state index in [0.717, 1.165) is 42.1 Å². The van der Waals surface area contributed by atoms with Crippen molar-refractivity contribution in [1.29, 1.82) is 0 Å². The Hall–Kier alpha value is -3.19. The molecule has 0 N–H and O–H groups in total. The molecule has 7 heteroatoms. The number of unbranched alkanes of at least 4 members (excludes halogenated alkanes) is 6. The predicted molar refractivity (Wildman–Crippen MR) is 153 cm³/mol. The lowest BCUT2D eigenvalue weighted by molar-refractivity contribution is -0.214. The smallest absolute Gasteiger partial charge is 0.414 e. The van der Waals surface area contributed by atoms with E-state index in [1.807, 2.05) is 24.4 Å². The highest BCUT2D eigenvalue weighted by Crippen LogP contribution is 2.24. The Kier molecular flexibility index (Phi) is 12.7. The summed E-state index contributed by atoms with van der Waals surface area (Å²) < 4.78 is 47.3. The number of aryl methyl sites for hydroxylation is 1. The highest BCUT2D eigenvalue weighted by molar-refractivity contribution is 5.90. The van der Waals surface area contributed by atoms with Crippen molar-refractivity contribution in [3.8, 4) is 22.4 Å². The van der Waals surface area contributed by atoms with Gasteiger partial charge < -0.3 is 9.47 Å². The molecule has 4 nitrogen and oxygen atoms in total. The van der Waals surface area contributed by atoms with Crippen molar-refractivity contribution in [2.45, 2.75) is 83.9 Å². The van der Waals surface area contributed by atoms with Crippen LogP contribution >= 0.6 is 0 Å². The summed E-state index contributed by atoms with van der Waals surface area (Å²) >= 11 is 0. The predicted octanol–water partition coefficient (Wildman–Crippen LogP) is 9.22. The number of ether oxygens (including phenoxy) is 2. The zero-order chi connectivity index (χ0) is 28.8. The number of hydrogen-bond acceptors (Lipinski definition) is 4. The number of carbonyl (C=O) groups excluding carboxylic acids is 1. The molecule has 0 aliphatic rings. The number of esters is 1. The molecule has 3 rings (SSSR count). The second kappa shape index (κ2) is 16.2. The molecule has 3 aromatic rings. The van der Waals surface area contributed by atoms with Gasteiger partial charge in [0.05, 0.1) is 17.9 Å². The van der Waals surface area contributed by atoms with E-state index in [4.69, 9.17) is 9.47 Å². The molecule has 0 radical (unpaired) electrons. The lowest BCUT2D eigenvalue weighted by Crippen LogP contribution is -2.28. The SMILES string of the molecule is CCCCCCc1ccc(-c2ccc(-c3ccc(C(=O)OCCCCCCOC(C)C(F)(F)F)cc3)nc2)cc1. The van der Waals surface area contributed by atoms with Gasteiger partial charge in [-0.25, -0.2) is 4.79 Å². The Morgan fingerprint density at radius 2 is 1.40 bits per heavy atom. The zero-order valence-corrected chi connectivity index (χ0v) is 23.5. The van der Waals surface area contributed by atoms with Gasteiger partial charge in [0.15, 0.2) is 6.10 Å². The van der Waals surface area contributed by atoms with Crippen LogP contribution in [0.25, 0.3) is 22.4 Å². The maximum Gasteiger partial charge on any atom is 0.414 e. The van der Waals surface area contributed by atoms with Crippen LogP contribution in [-0.2, 0) is 15.9 Å². The van der Waals surface area contributed by atoms with E-state index in [-0.39, 0.29) is 13.2 Å². The van der Waals surface area contributed by atoms with Crippen LogP contribution < -0.4 is 0 Å². The lowest BCUT2D eigenvalue weighted by atomic mass is 10.0. The normalized spacial score (nSPS) is 12.3. The minimum absolute atomic E-state index is 0.0662. The Balaban J connectivity index is 1.39. The van der Waals surface area contributed by atoms with E-state index in [1.54, 1.807) is 12.1 Å². The van der Waals surface area contributed by atoms with E-state index >= 15 is 0 Å². The summed E-state index contributed by atoms with van der Waals surface area (Å²) in [7, 11) is 0. The monoisotopic (exact) mass is 555 g/mol. The highest BCUT2D eigenvalue weighted by atomic mass is 19.4. The van der Waals surface area contributed by atoms with Crippen LogP contribution in [0.15, 0.2) is 66.9 Å². The molecular formula is C33H40F3NO3. The fourth-order valence-corrected chi connectivity index (χ4v) is 4.29. The van der Waals surface area contributed by atoms with Crippen LogP contribution in [0.2, 0.25) is 0 Å². The minimum atomic E-state index is -4.33. The van der Waals surface area contributed by atoms with E-state index in [0.29, 0.717) is 24.8 Å². The molecule has 0 aliphatic heterocycles. The van der Waals surface area contributed by atoms with Crippen molar-refractivity contribution in [1.82, 2.24) is 4.98 Å². The average molecular weight is 556 g/mol. The molecule has 0 amide bonds. The van der Waals surface area contributed by atoms with E-state index < -0.39 is 18.2 Å². The maximum atomic E-state index is 12.4. The second-order valence-corrected chi connectivity index (χ2v) is 10.1.